The lowest BCUT2D eigenvalue weighted by atomic mass is 10.0. The summed E-state index contributed by atoms with van der Waals surface area (Å²) in [6.45, 7) is 6.50. The zero-order valence-corrected chi connectivity index (χ0v) is 50.0. The molecule has 6 heteroatoms. The second-order valence-electron chi connectivity index (χ2n) is 21.3. The van der Waals surface area contributed by atoms with Crippen LogP contribution in [0, 0.1) is 0 Å². The van der Waals surface area contributed by atoms with Gasteiger partial charge in [-0.15, -0.1) is 0 Å². The van der Waals surface area contributed by atoms with Crippen molar-refractivity contribution >= 4 is 17.9 Å². The molecule has 0 aliphatic rings. The summed E-state index contributed by atoms with van der Waals surface area (Å²) in [6.07, 6.45) is 85.6. The Bertz CT molecular complexity index is 1490. The van der Waals surface area contributed by atoms with Crippen LogP contribution in [0.5, 0.6) is 0 Å². The highest BCUT2D eigenvalue weighted by Crippen LogP contribution is 2.16. The van der Waals surface area contributed by atoms with Gasteiger partial charge in [0.05, 0.1) is 0 Å². The summed E-state index contributed by atoms with van der Waals surface area (Å²) in [6, 6.07) is 0. The number of unbranched alkanes of at least 4 members (excludes halogenated alkanes) is 31. The van der Waals surface area contributed by atoms with E-state index < -0.39 is 6.10 Å². The topological polar surface area (TPSA) is 78.9 Å². The highest BCUT2D eigenvalue weighted by Gasteiger charge is 2.19. The molecule has 0 aliphatic carbocycles. The lowest BCUT2D eigenvalue weighted by Gasteiger charge is -2.18. The summed E-state index contributed by atoms with van der Waals surface area (Å²) < 4.78 is 16.9. The number of hydrogen-bond acceptors (Lipinski definition) is 6. The molecular weight excluding hydrogens is 937 g/mol. The first-order valence-electron chi connectivity index (χ1n) is 32.2. The van der Waals surface area contributed by atoms with E-state index in [1.165, 1.54) is 167 Å². The lowest BCUT2D eigenvalue weighted by molar-refractivity contribution is -0.167. The molecule has 0 rings (SSSR count). The maximum absolute atomic E-state index is 12.9. The summed E-state index contributed by atoms with van der Waals surface area (Å²) in [5.41, 5.74) is 0. The van der Waals surface area contributed by atoms with Crippen LogP contribution in [0.15, 0.2) is 97.2 Å². The molecule has 0 fully saturated rings. The molecular formula is C70H120O6. The molecule has 0 amide bonds. The molecule has 0 aromatic heterocycles. The Morgan fingerprint density at radius 3 is 0.842 bits per heavy atom. The summed E-state index contributed by atoms with van der Waals surface area (Å²) >= 11 is 0. The van der Waals surface area contributed by atoms with Crippen LogP contribution in [-0.4, -0.2) is 37.2 Å². The predicted octanol–water partition coefficient (Wildman–Crippen LogP) is 22.0. The minimum Gasteiger partial charge on any atom is -0.462 e. The van der Waals surface area contributed by atoms with Gasteiger partial charge in [0.25, 0.3) is 0 Å². The van der Waals surface area contributed by atoms with Gasteiger partial charge in [-0.2, -0.15) is 0 Å². The first-order valence-corrected chi connectivity index (χ1v) is 32.2. The molecule has 0 saturated heterocycles. The number of esters is 3. The van der Waals surface area contributed by atoms with Crippen LogP contribution in [0.2, 0.25) is 0 Å². The lowest BCUT2D eigenvalue weighted by Crippen LogP contribution is -2.30. The normalized spacial score (nSPS) is 12.7. The molecule has 0 saturated carbocycles. The maximum Gasteiger partial charge on any atom is 0.306 e. The molecule has 0 bridgehead atoms. The van der Waals surface area contributed by atoms with Crippen molar-refractivity contribution in [3.8, 4) is 0 Å². The second kappa shape index (κ2) is 63.9. The van der Waals surface area contributed by atoms with Crippen molar-refractivity contribution < 1.29 is 28.6 Å². The summed E-state index contributed by atoms with van der Waals surface area (Å²) in [5, 5.41) is 0. The van der Waals surface area contributed by atoms with Crippen LogP contribution in [0.4, 0.5) is 0 Å². The third kappa shape index (κ3) is 61.2. The minimum atomic E-state index is -0.806. The van der Waals surface area contributed by atoms with E-state index in [-0.39, 0.29) is 37.5 Å². The van der Waals surface area contributed by atoms with Gasteiger partial charge in [-0.1, -0.05) is 266 Å². The fraction of sp³-hybridized carbons (Fsp3) is 0.729. The van der Waals surface area contributed by atoms with E-state index in [2.05, 4.69) is 118 Å². The van der Waals surface area contributed by atoms with Gasteiger partial charge in [-0.25, -0.2) is 0 Å². The van der Waals surface area contributed by atoms with Crippen LogP contribution in [0.25, 0.3) is 0 Å². The molecule has 0 spiro atoms. The van der Waals surface area contributed by atoms with E-state index in [9.17, 15) is 14.4 Å². The summed E-state index contributed by atoms with van der Waals surface area (Å²) in [5.74, 6) is -0.942. The Morgan fingerprint density at radius 1 is 0.276 bits per heavy atom. The molecule has 1 atom stereocenters. The fourth-order valence-corrected chi connectivity index (χ4v) is 8.97. The van der Waals surface area contributed by atoms with Crippen molar-refractivity contribution in [2.45, 2.75) is 316 Å². The van der Waals surface area contributed by atoms with Gasteiger partial charge in [0, 0.05) is 19.3 Å². The second-order valence-corrected chi connectivity index (χ2v) is 21.3. The van der Waals surface area contributed by atoms with E-state index in [1.807, 2.05) is 0 Å². The van der Waals surface area contributed by atoms with Crippen molar-refractivity contribution in [3.05, 3.63) is 97.2 Å². The average molecular weight is 1060 g/mol. The first-order chi connectivity index (χ1) is 37.5. The van der Waals surface area contributed by atoms with Crippen LogP contribution in [0.3, 0.4) is 0 Å². The number of ether oxygens (including phenoxy) is 3. The third-order valence-electron chi connectivity index (χ3n) is 13.8. The van der Waals surface area contributed by atoms with Crippen LogP contribution in [-0.2, 0) is 28.6 Å². The van der Waals surface area contributed by atoms with E-state index in [1.54, 1.807) is 0 Å². The molecule has 0 aliphatic heterocycles. The largest absolute Gasteiger partial charge is 0.462 e. The Hall–Kier alpha value is -3.67. The number of rotatable bonds is 58. The van der Waals surface area contributed by atoms with E-state index >= 15 is 0 Å². The number of carbonyl (C=O) groups excluding carboxylic acids is 3. The van der Waals surface area contributed by atoms with Crippen molar-refractivity contribution in [1.29, 1.82) is 0 Å². The van der Waals surface area contributed by atoms with Gasteiger partial charge in [-0.3, -0.25) is 14.4 Å². The molecule has 1 unspecified atom stereocenters. The highest BCUT2D eigenvalue weighted by molar-refractivity contribution is 5.71. The molecule has 76 heavy (non-hydrogen) atoms. The van der Waals surface area contributed by atoms with Gasteiger partial charge in [0.2, 0.25) is 0 Å². The molecule has 0 N–H and O–H groups in total. The van der Waals surface area contributed by atoms with Crippen LogP contribution >= 0.6 is 0 Å². The SMILES string of the molecule is CC/C=C\C/C=C\C/C=C\C/C=C\C/C=C\C/C=C\CCCCC(=O)OC(COC(=O)CCCCCCC/C=C\CCCCCCC)COC(=O)CCCCCCCCCCCCC/C=C\CCCCCCCCCC. The zero-order chi connectivity index (χ0) is 55.0. The Balaban J connectivity index is 4.42. The van der Waals surface area contributed by atoms with Crippen molar-refractivity contribution in [1.82, 2.24) is 0 Å². The quantitative estimate of drug-likeness (QED) is 0.0261. The fourth-order valence-electron chi connectivity index (χ4n) is 8.97. The molecule has 0 aromatic carbocycles. The smallest absolute Gasteiger partial charge is 0.306 e. The van der Waals surface area contributed by atoms with Gasteiger partial charge >= 0.3 is 17.9 Å². The molecule has 436 valence electrons. The molecule has 6 nitrogen and oxygen atoms in total. The van der Waals surface area contributed by atoms with E-state index in [4.69, 9.17) is 14.2 Å². The van der Waals surface area contributed by atoms with Crippen molar-refractivity contribution in [2.24, 2.45) is 0 Å². The minimum absolute atomic E-state index is 0.0975. The standard InChI is InChI=1S/C70H120O6/c1-4-7-10-13-16-19-22-25-28-30-32-34-35-37-38-40-42-45-48-51-54-57-60-63-69(72)75-66-67(65-74-68(71)62-59-56-53-50-47-44-27-24-21-18-15-12-9-6-3)76-70(73)64-61-58-55-52-49-46-43-41-39-36-33-31-29-26-23-20-17-14-11-8-5-2/h8,11,17,20,24,26-27,29-30,32-33,36,41,43,49,52,67H,4-7,9-10,12-16,18-19,21-23,25,28,31,34-35,37-40,42,44-48,50-51,53-66H2,1-3H3/b11-8-,20-17-,27-24-,29-26-,32-30-,36-33-,43-41-,52-49-. The Kier molecular flexibility index (Phi) is 60.8. The van der Waals surface area contributed by atoms with Gasteiger partial charge in [0.15, 0.2) is 6.10 Å². The zero-order valence-electron chi connectivity index (χ0n) is 50.0. The summed E-state index contributed by atoms with van der Waals surface area (Å²) in [4.78, 5) is 38.3. The first kappa shape index (κ1) is 72.3. The number of carbonyl (C=O) groups is 3. The average Bonchev–Trinajstić information content (AvgIpc) is 3.42. The van der Waals surface area contributed by atoms with Gasteiger partial charge in [0.1, 0.15) is 13.2 Å². The van der Waals surface area contributed by atoms with Gasteiger partial charge < -0.3 is 14.2 Å². The predicted molar refractivity (Wildman–Crippen MR) is 330 cm³/mol. The Morgan fingerprint density at radius 2 is 0.513 bits per heavy atom. The van der Waals surface area contributed by atoms with Crippen LogP contribution in [0.1, 0.15) is 310 Å². The molecule has 0 radical (unpaired) electrons. The summed E-state index contributed by atoms with van der Waals surface area (Å²) in [7, 11) is 0. The van der Waals surface area contributed by atoms with Crippen molar-refractivity contribution in [3.63, 3.8) is 0 Å². The van der Waals surface area contributed by atoms with Crippen LogP contribution < -0.4 is 0 Å². The van der Waals surface area contributed by atoms with E-state index in [0.717, 1.165) is 96.3 Å². The van der Waals surface area contributed by atoms with Gasteiger partial charge in [-0.05, 0) is 122 Å². The van der Waals surface area contributed by atoms with E-state index in [0.29, 0.717) is 19.3 Å². The maximum atomic E-state index is 12.9. The third-order valence-corrected chi connectivity index (χ3v) is 13.8. The highest BCUT2D eigenvalue weighted by atomic mass is 16.6. The number of hydrogen-bond donors (Lipinski definition) is 0. The number of allylic oxidation sites excluding steroid dienone is 16. The van der Waals surface area contributed by atoms with Crippen molar-refractivity contribution in [2.75, 3.05) is 13.2 Å². The molecule has 0 aromatic rings. The Labute approximate surface area is 470 Å². The molecule has 0 heterocycles. The monoisotopic (exact) mass is 1060 g/mol.